The molecule has 1 atom stereocenters. The van der Waals surface area contributed by atoms with Crippen molar-refractivity contribution in [3.63, 3.8) is 0 Å². The molecule has 6 heteroatoms. The lowest BCUT2D eigenvalue weighted by atomic mass is 10.1. The lowest BCUT2D eigenvalue weighted by Gasteiger charge is -2.25. The van der Waals surface area contributed by atoms with Gasteiger partial charge in [-0.05, 0) is 48.4 Å². The van der Waals surface area contributed by atoms with Gasteiger partial charge in [-0.25, -0.2) is 0 Å². The van der Waals surface area contributed by atoms with Gasteiger partial charge in [0.05, 0.1) is 5.75 Å². The first kappa shape index (κ1) is 21.2. The van der Waals surface area contributed by atoms with Gasteiger partial charge in [-0.2, -0.15) is 0 Å². The Labute approximate surface area is 177 Å². The first-order valence-corrected chi connectivity index (χ1v) is 11.2. The Balaban J connectivity index is 1.70. The van der Waals surface area contributed by atoms with Crippen LogP contribution in [0.2, 0.25) is 0 Å². The topological polar surface area (TPSA) is 52.7 Å². The van der Waals surface area contributed by atoms with Crippen molar-refractivity contribution in [2.75, 3.05) is 35.0 Å². The molecular weight excluding hydrogens is 382 g/mol. The fourth-order valence-corrected chi connectivity index (χ4v) is 4.53. The molecule has 5 nitrogen and oxygen atoms in total. The number of thioether (sulfide) groups is 1. The highest BCUT2D eigenvalue weighted by Crippen LogP contribution is 2.42. The van der Waals surface area contributed by atoms with Gasteiger partial charge in [0.1, 0.15) is 5.37 Å². The Morgan fingerprint density at radius 2 is 1.79 bits per heavy atom. The van der Waals surface area contributed by atoms with Gasteiger partial charge in [-0.1, -0.05) is 31.9 Å². The van der Waals surface area contributed by atoms with E-state index in [1.54, 1.807) is 11.8 Å². The third-order valence-corrected chi connectivity index (χ3v) is 6.21. The smallest absolute Gasteiger partial charge is 0.238 e. The Hall–Kier alpha value is -2.47. The van der Waals surface area contributed by atoms with E-state index in [1.807, 2.05) is 72.4 Å². The predicted molar refractivity (Wildman–Crippen MR) is 123 cm³/mol. The molecule has 1 saturated heterocycles. The summed E-state index contributed by atoms with van der Waals surface area (Å²) < 4.78 is 0. The van der Waals surface area contributed by atoms with E-state index in [0.29, 0.717) is 12.2 Å². The minimum absolute atomic E-state index is 0.0537. The van der Waals surface area contributed by atoms with Gasteiger partial charge in [-0.15, -0.1) is 11.8 Å². The van der Waals surface area contributed by atoms with Gasteiger partial charge in [0, 0.05) is 37.6 Å². The summed E-state index contributed by atoms with van der Waals surface area (Å²) in [4.78, 5) is 28.5. The van der Waals surface area contributed by atoms with Crippen molar-refractivity contribution in [3.05, 3.63) is 54.1 Å². The van der Waals surface area contributed by atoms with Crippen molar-refractivity contribution < 1.29 is 9.59 Å². The van der Waals surface area contributed by atoms with E-state index < -0.39 is 0 Å². The van der Waals surface area contributed by atoms with Crippen LogP contribution in [-0.4, -0.2) is 31.7 Å². The number of hydrogen-bond donors (Lipinski definition) is 1. The zero-order valence-corrected chi connectivity index (χ0v) is 18.2. The third-order valence-electron chi connectivity index (χ3n) is 5.00. The summed E-state index contributed by atoms with van der Waals surface area (Å²) in [6.45, 7) is 2.13. The van der Waals surface area contributed by atoms with E-state index in [2.05, 4.69) is 12.2 Å². The molecule has 1 aliphatic heterocycles. The van der Waals surface area contributed by atoms with Crippen LogP contribution >= 0.6 is 11.8 Å². The normalized spacial score (nSPS) is 16.2. The van der Waals surface area contributed by atoms with Crippen LogP contribution in [-0.2, 0) is 9.59 Å². The first-order valence-electron chi connectivity index (χ1n) is 10.1. The van der Waals surface area contributed by atoms with Gasteiger partial charge in [0.2, 0.25) is 11.8 Å². The number of amides is 2. The Kier molecular flexibility index (Phi) is 7.20. The molecule has 0 saturated carbocycles. The van der Waals surface area contributed by atoms with Gasteiger partial charge >= 0.3 is 0 Å². The van der Waals surface area contributed by atoms with Crippen LogP contribution in [0.1, 0.15) is 43.5 Å². The van der Waals surface area contributed by atoms with Crippen LogP contribution < -0.4 is 15.1 Å². The van der Waals surface area contributed by atoms with E-state index in [9.17, 15) is 9.59 Å². The highest BCUT2D eigenvalue weighted by Gasteiger charge is 2.34. The highest BCUT2D eigenvalue weighted by molar-refractivity contribution is 8.00. The molecule has 1 fully saturated rings. The molecule has 1 N–H and O–H groups in total. The average molecular weight is 412 g/mol. The molecule has 154 valence electrons. The van der Waals surface area contributed by atoms with Crippen molar-refractivity contribution in [3.8, 4) is 0 Å². The fourth-order valence-electron chi connectivity index (χ4n) is 3.35. The molecule has 0 radical (unpaired) electrons. The number of unbranched alkanes of at least 4 members (excludes halogenated alkanes) is 2. The maximum Gasteiger partial charge on any atom is 0.238 e. The van der Waals surface area contributed by atoms with Crippen LogP contribution in [0.3, 0.4) is 0 Å². The van der Waals surface area contributed by atoms with Gasteiger partial charge in [-0.3, -0.25) is 14.5 Å². The van der Waals surface area contributed by atoms with Gasteiger partial charge < -0.3 is 10.2 Å². The summed E-state index contributed by atoms with van der Waals surface area (Å²) in [5.41, 5.74) is 3.86. The molecule has 2 amide bonds. The number of nitrogens with zero attached hydrogens (tertiary/aromatic N) is 2. The summed E-state index contributed by atoms with van der Waals surface area (Å²) >= 11 is 1.63. The summed E-state index contributed by atoms with van der Waals surface area (Å²) in [5, 5.41) is 2.90. The number of carbonyl (C=O) groups excluding carboxylic acids is 2. The summed E-state index contributed by atoms with van der Waals surface area (Å²) in [7, 11) is 4.00. The largest absolute Gasteiger partial charge is 0.378 e. The van der Waals surface area contributed by atoms with E-state index in [0.717, 1.165) is 41.9 Å². The SMILES string of the molecule is CCCCCC(=O)Nc1ccc(C2SCC(=O)N2c2ccc(N(C)C)cc2)cc1. The number of benzene rings is 2. The summed E-state index contributed by atoms with van der Waals surface area (Å²) in [6, 6.07) is 15.9. The zero-order valence-electron chi connectivity index (χ0n) is 17.4. The molecule has 29 heavy (non-hydrogen) atoms. The van der Waals surface area contributed by atoms with Crippen molar-refractivity contribution in [2.24, 2.45) is 0 Å². The minimum atomic E-state index is -0.0537. The molecule has 0 aliphatic carbocycles. The minimum Gasteiger partial charge on any atom is -0.378 e. The van der Waals surface area contributed by atoms with E-state index in [1.165, 1.54) is 0 Å². The van der Waals surface area contributed by atoms with Crippen molar-refractivity contribution >= 4 is 40.6 Å². The van der Waals surface area contributed by atoms with Gasteiger partial charge in [0.15, 0.2) is 0 Å². The second-order valence-electron chi connectivity index (χ2n) is 7.47. The number of hydrogen-bond acceptors (Lipinski definition) is 4. The van der Waals surface area contributed by atoms with E-state index >= 15 is 0 Å². The molecule has 1 heterocycles. The van der Waals surface area contributed by atoms with Crippen LogP contribution in [0.15, 0.2) is 48.5 Å². The Morgan fingerprint density at radius 1 is 1.10 bits per heavy atom. The van der Waals surface area contributed by atoms with E-state index in [4.69, 9.17) is 0 Å². The number of carbonyl (C=O) groups is 2. The zero-order chi connectivity index (χ0) is 20.8. The number of nitrogens with one attached hydrogen (secondary N) is 1. The standard InChI is InChI=1S/C23H29N3O2S/c1-4-5-6-7-21(27)24-18-10-8-17(9-11-18)23-26(22(28)16-29-23)20-14-12-19(13-15-20)25(2)3/h8-15,23H,4-7,16H2,1-3H3,(H,24,27). The van der Waals surface area contributed by atoms with Crippen LogP contribution in [0, 0.1) is 0 Å². The summed E-state index contributed by atoms with van der Waals surface area (Å²) in [5.74, 6) is 0.640. The van der Waals surface area contributed by atoms with Crippen LogP contribution in [0.4, 0.5) is 17.1 Å². The van der Waals surface area contributed by atoms with Gasteiger partial charge in [0.25, 0.3) is 0 Å². The maximum atomic E-state index is 12.6. The Morgan fingerprint density at radius 3 is 2.41 bits per heavy atom. The van der Waals surface area contributed by atoms with Crippen molar-refractivity contribution in [2.45, 2.75) is 38.0 Å². The Bertz CT molecular complexity index is 834. The predicted octanol–water partition coefficient (Wildman–Crippen LogP) is 5.05. The van der Waals surface area contributed by atoms with Crippen molar-refractivity contribution in [1.29, 1.82) is 0 Å². The molecule has 1 aliphatic rings. The van der Waals surface area contributed by atoms with Crippen LogP contribution in [0.5, 0.6) is 0 Å². The van der Waals surface area contributed by atoms with Crippen molar-refractivity contribution in [1.82, 2.24) is 0 Å². The molecule has 0 aromatic heterocycles. The van der Waals surface area contributed by atoms with E-state index in [-0.39, 0.29) is 17.2 Å². The lowest BCUT2D eigenvalue weighted by molar-refractivity contribution is -0.116. The molecule has 2 aromatic rings. The second kappa shape index (κ2) is 9.83. The quantitative estimate of drug-likeness (QED) is 0.618. The molecular formula is C23H29N3O2S. The maximum absolute atomic E-state index is 12.6. The highest BCUT2D eigenvalue weighted by atomic mass is 32.2. The molecule has 1 unspecified atom stereocenters. The number of rotatable bonds is 8. The third kappa shape index (κ3) is 5.32. The second-order valence-corrected chi connectivity index (χ2v) is 8.53. The number of anilines is 3. The molecule has 0 spiro atoms. The molecule has 2 aromatic carbocycles. The lowest BCUT2D eigenvalue weighted by Crippen LogP contribution is -2.27. The first-order chi connectivity index (χ1) is 14.0. The monoisotopic (exact) mass is 411 g/mol. The fraction of sp³-hybridized carbons (Fsp3) is 0.391. The average Bonchev–Trinajstić information content (AvgIpc) is 3.10. The van der Waals surface area contributed by atoms with Crippen LogP contribution in [0.25, 0.3) is 0 Å². The molecule has 0 bridgehead atoms. The summed E-state index contributed by atoms with van der Waals surface area (Å²) in [6.07, 6.45) is 3.65. The molecule has 3 rings (SSSR count).